The number of ether oxygens (including phenoxy) is 3. The predicted molar refractivity (Wildman–Crippen MR) is 104 cm³/mol. The van der Waals surface area contributed by atoms with Crippen LogP contribution in [0.3, 0.4) is 0 Å². The molecule has 0 spiro atoms. The SMILES string of the molecule is COC(=O)c1ccccc1Nc1ccc(NC(=O)c2ccc3c(c2)OCO3)nn1. The van der Waals surface area contributed by atoms with Crippen LogP contribution in [0.5, 0.6) is 11.5 Å². The highest BCUT2D eigenvalue weighted by molar-refractivity contribution is 6.04. The highest BCUT2D eigenvalue weighted by Gasteiger charge is 2.17. The average molecular weight is 392 g/mol. The van der Waals surface area contributed by atoms with E-state index >= 15 is 0 Å². The van der Waals surface area contributed by atoms with E-state index < -0.39 is 5.97 Å². The van der Waals surface area contributed by atoms with Crippen LogP contribution in [0.1, 0.15) is 20.7 Å². The van der Waals surface area contributed by atoms with Crippen molar-refractivity contribution in [1.29, 1.82) is 0 Å². The number of methoxy groups -OCH3 is 1. The van der Waals surface area contributed by atoms with Crippen molar-refractivity contribution < 1.29 is 23.8 Å². The molecule has 0 unspecified atom stereocenters. The van der Waals surface area contributed by atoms with Crippen LogP contribution in [0.15, 0.2) is 54.6 Å². The van der Waals surface area contributed by atoms with E-state index in [0.29, 0.717) is 34.1 Å². The molecule has 9 nitrogen and oxygen atoms in total. The minimum absolute atomic E-state index is 0.138. The molecule has 1 aromatic heterocycles. The molecule has 1 amide bonds. The van der Waals surface area contributed by atoms with Crippen LogP contribution in [0.4, 0.5) is 17.3 Å². The first-order valence-electron chi connectivity index (χ1n) is 8.63. The van der Waals surface area contributed by atoms with Crippen LogP contribution < -0.4 is 20.1 Å². The molecule has 0 radical (unpaired) electrons. The number of nitrogens with zero attached hydrogens (tertiary/aromatic N) is 2. The first-order valence-corrected chi connectivity index (χ1v) is 8.63. The van der Waals surface area contributed by atoms with Gasteiger partial charge in [-0.25, -0.2) is 4.79 Å². The Hall–Kier alpha value is -4.14. The molecule has 4 rings (SSSR count). The van der Waals surface area contributed by atoms with Crippen LogP contribution >= 0.6 is 0 Å². The molecule has 0 fully saturated rings. The Morgan fingerprint density at radius 2 is 1.72 bits per heavy atom. The Kier molecular flexibility index (Phi) is 4.93. The maximum Gasteiger partial charge on any atom is 0.339 e. The molecule has 146 valence electrons. The van der Waals surface area contributed by atoms with Crippen LogP contribution in [0.2, 0.25) is 0 Å². The Labute approximate surface area is 165 Å². The molecular formula is C20H16N4O5. The van der Waals surface area contributed by atoms with Crippen molar-refractivity contribution in [2.75, 3.05) is 24.5 Å². The standard InChI is InChI=1S/C20H16N4O5/c1-27-20(26)13-4-2-3-5-14(13)21-17-8-9-18(24-23-17)22-19(25)12-6-7-15-16(10-12)29-11-28-15/h2-10H,11H2,1H3,(H,21,23)(H,22,24,25). The molecule has 0 aliphatic carbocycles. The second-order valence-corrected chi connectivity index (χ2v) is 5.99. The summed E-state index contributed by atoms with van der Waals surface area (Å²) in [6, 6.07) is 15.0. The van der Waals surface area contributed by atoms with Gasteiger partial charge in [-0.15, -0.1) is 10.2 Å². The third-order valence-corrected chi connectivity index (χ3v) is 4.14. The molecule has 2 aromatic carbocycles. The fourth-order valence-corrected chi connectivity index (χ4v) is 2.71. The monoisotopic (exact) mass is 392 g/mol. The normalized spacial score (nSPS) is 11.6. The summed E-state index contributed by atoms with van der Waals surface area (Å²) in [6.07, 6.45) is 0. The summed E-state index contributed by atoms with van der Waals surface area (Å²) in [7, 11) is 1.32. The molecule has 0 atom stereocenters. The van der Waals surface area contributed by atoms with Crippen molar-refractivity contribution in [2.45, 2.75) is 0 Å². The van der Waals surface area contributed by atoms with Gasteiger partial charge in [0.05, 0.1) is 18.4 Å². The molecular weight excluding hydrogens is 376 g/mol. The molecule has 29 heavy (non-hydrogen) atoms. The van der Waals surface area contributed by atoms with Gasteiger partial charge in [0.2, 0.25) is 6.79 Å². The molecule has 0 bridgehead atoms. The van der Waals surface area contributed by atoms with Crippen LogP contribution in [0, 0.1) is 0 Å². The number of aromatic nitrogens is 2. The van der Waals surface area contributed by atoms with E-state index in [0.717, 1.165) is 0 Å². The van der Waals surface area contributed by atoms with Gasteiger partial charge in [-0.3, -0.25) is 4.79 Å². The Morgan fingerprint density at radius 3 is 2.52 bits per heavy atom. The van der Waals surface area contributed by atoms with E-state index in [2.05, 4.69) is 20.8 Å². The van der Waals surface area contributed by atoms with Crippen molar-refractivity contribution in [1.82, 2.24) is 10.2 Å². The first-order chi connectivity index (χ1) is 14.1. The molecule has 9 heteroatoms. The van der Waals surface area contributed by atoms with Gasteiger partial charge < -0.3 is 24.8 Å². The Bertz CT molecular complexity index is 1070. The number of para-hydroxylation sites is 1. The number of anilines is 3. The van der Waals surface area contributed by atoms with E-state index in [-0.39, 0.29) is 18.5 Å². The summed E-state index contributed by atoms with van der Waals surface area (Å²) < 4.78 is 15.3. The summed E-state index contributed by atoms with van der Waals surface area (Å²) in [5.74, 6) is 0.987. The number of fused-ring (bicyclic) bond motifs is 1. The number of hydrogen-bond acceptors (Lipinski definition) is 8. The van der Waals surface area contributed by atoms with Gasteiger partial charge >= 0.3 is 5.97 Å². The van der Waals surface area contributed by atoms with Crippen LogP contribution in [-0.2, 0) is 4.74 Å². The zero-order valence-electron chi connectivity index (χ0n) is 15.3. The van der Waals surface area contributed by atoms with Gasteiger partial charge in [0.25, 0.3) is 5.91 Å². The second-order valence-electron chi connectivity index (χ2n) is 5.99. The molecule has 2 N–H and O–H groups in total. The number of rotatable bonds is 5. The fraction of sp³-hybridized carbons (Fsp3) is 0.100. The summed E-state index contributed by atoms with van der Waals surface area (Å²) in [5.41, 5.74) is 1.31. The topological polar surface area (TPSA) is 112 Å². The Balaban J connectivity index is 1.45. The molecule has 3 aromatic rings. The first kappa shape index (κ1) is 18.2. The summed E-state index contributed by atoms with van der Waals surface area (Å²) in [6.45, 7) is 0.138. The highest BCUT2D eigenvalue weighted by atomic mass is 16.7. The summed E-state index contributed by atoms with van der Waals surface area (Å²) in [4.78, 5) is 24.2. The number of benzene rings is 2. The highest BCUT2D eigenvalue weighted by Crippen LogP contribution is 2.32. The van der Waals surface area contributed by atoms with Crippen molar-refractivity contribution in [3.63, 3.8) is 0 Å². The second kappa shape index (κ2) is 7.85. The summed E-state index contributed by atoms with van der Waals surface area (Å²) >= 11 is 0. The fourth-order valence-electron chi connectivity index (χ4n) is 2.71. The smallest absolute Gasteiger partial charge is 0.339 e. The minimum atomic E-state index is -0.464. The molecule has 1 aliphatic rings. The van der Waals surface area contributed by atoms with E-state index in [9.17, 15) is 9.59 Å². The number of amides is 1. The lowest BCUT2D eigenvalue weighted by molar-refractivity contribution is 0.0601. The van der Waals surface area contributed by atoms with Crippen LogP contribution in [0.25, 0.3) is 0 Å². The van der Waals surface area contributed by atoms with E-state index in [4.69, 9.17) is 14.2 Å². The van der Waals surface area contributed by atoms with Gasteiger partial charge in [-0.05, 0) is 42.5 Å². The lowest BCUT2D eigenvalue weighted by Crippen LogP contribution is -2.13. The van der Waals surface area contributed by atoms with Gasteiger partial charge in [0, 0.05) is 5.56 Å². The minimum Gasteiger partial charge on any atom is -0.465 e. The van der Waals surface area contributed by atoms with Gasteiger partial charge in [0.1, 0.15) is 0 Å². The number of nitrogens with one attached hydrogen (secondary N) is 2. The lowest BCUT2D eigenvalue weighted by Gasteiger charge is -2.10. The maximum absolute atomic E-state index is 12.4. The third kappa shape index (κ3) is 3.93. The number of esters is 1. The maximum atomic E-state index is 12.4. The number of carbonyl (C=O) groups is 2. The van der Waals surface area contributed by atoms with Crippen LogP contribution in [-0.4, -0.2) is 36.0 Å². The average Bonchev–Trinajstić information content (AvgIpc) is 3.23. The van der Waals surface area contributed by atoms with E-state index in [1.807, 2.05) is 0 Å². The van der Waals surface area contributed by atoms with Crippen molar-refractivity contribution in [2.24, 2.45) is 0 Å². The molecule has 0 saturated carbocycles. The van der Waals surface area contributed by atoms with Gasteiger partial charge in [0.15, 0.2) is 23.1 Å². The Morgan fingerprint density at radius 1 is 0.966 bits per heavy atom. The predicted octanol–water partition coefficient (Wildman–Crippen LogP) is 2.99. The van der Waals surface area contributed by atoms with Crippen molar-refractivity contribution in [3.05, 3.63) is 65.7 Å². The third-order valence-electron chi connectivity index (χ3n) is 4.14. The van der Waals surface area contributed by atoms with E-state index in [1.165, 1.54) is 7.11 Å². The lowest BCUT2D eigenvalue weighted by atomic mass is 10.2. The zero-order chi connectivity index (χ0) is 20.2. The number of hydrogen-bond donors (Lipinski definition) is 2. The van der Waals surface area contributed by atoms with Crippen molar-refractivity contribution in [3.8, 4) is 11.5 Å². The van der Waals surface area contributed by atoms with Gasteiger partial charge in [-0.1, -0.05) is 12.1 Å². The summed E-state index contributed by atoms with van der Waals surface area (Å²) in [5, 5.41) is 13.7. The zero-order valence-corrected chi connectivity index (χ0v) is 15.3. The number of carbonyl (C=O) groups excluding carboxylic acids is 2. The van der Waals surface area contributed by atoms with Gasteiger partial charge in [-0.2, -0.15) is 0 Å². The quantitative estimate of drug-likeness (QED) is 0.638. The van der Waals surface area contributed by atoms with E-state index in [1.54, 1.807) is 54.6 Å². The molecule has 0 saturated heterocycles. The largest absolute Gasteiger partial charge is 0.465 e. The van der Waals surface area contributed by atoms with Crippen molar-refractivity contribution >= 4 is 29.2 Å². The molecule has 2 heterocycles. The molecule has 1 aliphatic heterocycles.